The largest absolute Gasteiger partial charge is 0.416 e. The number of halogens is 3. The lowest BCUT2D eigenvalue weighted by Crippen LogP contribution is -2.40. The summed E-state index contributed by atoms with van der Waals surface area (Å²) in [4.78, 5) is 24.9. The molecule has 1 amide bonds. The van der Waals surface area contributed by atoms with Crippen LogP contribution in [0.4, 0.5) is 19.0 Å². The van der Waals surface area contributed by atoms with Crippen molar-refractivity contribution < 1.29 is 23.1 Å². The number of benzene rings is 1. The van der Waals surface area contributed by atoms with Crippen molar-refractivity contribution in [2.75, 3.05) is 25.5 Å². The number of hydrogen-bond donors (Lipinski definition) is 1. The number of aliphatic hydroxyl groups excluding tert-OH is 1. The Bertz CT molecular complexity index is 882. The summed E-state index contributed by atoms with van der Waals surface area (Å²) in [5.74, 6) is 0.825. The van der Waals surface area contributed by atoms with Gasteiger partial charge in [0.05, 0.1) is 17.8 Å². The number of carbonyl (C=O) groups is 1. The minimum Gasteiger partial charge on any atom is -0.378 e. The van der Waals surface area contributed by atoms with E-state index >= 15 is 0 Å². The van der Waals surface area contributed by atoms with Gasteiger partial charge in [0, 0.05) is 26.2 Å². The topological polar surface area (TPSA) is 69.6 Å². The average molecular weight is 394 g/mol. The molecule has 3 rings (SSSR count). The van der Waals surface area contributed by atoms with Gasteiger partial charge in [-0.1, -0.05) is 12.1 Å². The van der Waals surface area contributed by atoms with E-state index in [1.54, 1.807) is 6.92 Å². The Kier molecular flexibility index (Phi) is 5.29. The first-order chi connectivity index (χ1) is 13.1. The molecule has 1 unspecified atom stereocenters. The SMILES string of the molecule is Cc1nc2c(c(N(C)C)n1)CCN(C(=O)C(O)c1ccc(C(F)(F)F)cc1)C2. The second-order valence-electron chi connectivity index (χ2n) is 6.95. The van der Waals surface area contributed by atoms with E-state index in [0.717, 1.165) is 41.3 Å². The number of aliphatic hydroxyl groups is 1. The number of nitrogens with zero attached hydrogens (tertiary/aromatic N) is 4. The number of aryl methyl sites for hydroxylation is 1. The van der Waals surface area contributed by atoms with Gasteiger partial charge in [-0.15, -0.1) is 0 Å². The standard InChI is InChI=1S/C19H21F3N4O2/c1-11-23-15-10-26(9-8-14(15)17(24-11)25(2)3)18(28)16(27)12-4-6-13(7-5-12)19(20,21)22/h4-7,16,27H,8-10H2,1-3H3. The highest BCUT2D eigenvalue weighted by Gasteiger charge is 2.32. The van der Waals surface area contributed by atoms with E-state index < -0.39 is 23.8 Å². The van der Waals surface area contributed by atoms with E-state index in [1.807, 2.05) is 19.0 Å². The Morgan fingerprint density at radius 3 is 2.43 bits per heavy atom. The summed E-state index contributed by atoms with van der Waals surface area (Å²) in [5.41, 5.74) is 0.974. The van der Waals surface area contributed by atoms with Crippen molar-refractivity contribution in [3.05, 3.63) is 52.5 Å². The second kappa shape index (κ2) is 7.38. The van der Waals surface area contributed by atoms with Crippen LogP contribution in [0.1, 0.15) is 34.3 Å². The van der Waals surface area contributed by atoms with Gasteiger partial charge in [0.15, 0.2) is 6.10 Å². The molecule has 0 spiro atoms. The molecule has 150 valence electrons. The molecule has 0 bridgehead atoms. The van der Waals surface area contributed by atoms with Crippen LogP contribution in [0.2, 0.25) is 0 Å². The number of amides is 1. The molecule has 2 aromatic rings. The van der Waals surface area contributed by atoms with Gasteiger partial charge in [0.1, 0.15) is 11.6 Å². The maximum absolute atomic E-state index is 12.7. The van der Waals surface area contributed by atoms with Crippen molar-refractivity contribution in [2.45, 2.75) is 32.2 Å². The number of hydrogen-bond acceptors (Lipinski definition) is 5. The van der Waals surface area contributed by atoms with Crippen LogP contribution in [0, 0.1) is 6.92 Å². The number of fused-ring (bicyclic) bond motifs is 1. The molecule has 0 saturated heterocycles. The minimum atomic E-state index is -4.47. The van der Waals surface area contributed by atoms with Crippen LogP contribution in [0.3, 0.4) is 0 Å². The molecule has 0 fully saturated rings. The van der Waals surface area contributed by atoms with E-state index in [-0.39, 0.29) is 12.1 Å². The van der Waals surface area contributed by atoms with Crippen molar-refractivity contribution in [1.29, 1.82) is 0 Å². The van der Waals surface area contributed by atoms with Crippen LogP contribution < -0.4 is 4.90 Å². The Morgan fingerprint density at radius 1 is 1.21 bits per heavy atom. The highest BCUT2D eigenvalue weighted by molar-refractivity contribution is 5.82. The summed E-state index contributed by atoms with van der Waals surface area (Å²) in [7, 11) is 3.77. The van der Waals surface area contributed by atoms with Crippen molar-refractivity contribution in [3.8, 4) is 0 Å². The smallest absolute Gasteiger partial charge is 0.378 e. The Balaban J connectivity index is 1.79. The van der Waals surface area contributed by atoms with Crippen molar-refractivity contribution in [2.24, 2.45) is 0 Å². The highest BCUT2D eigenvalue weighted by Crippen LogP contribution is 2.31. The van der Waals surface area contributed by atoms with Gasteiger partial charge in [-0.25, -0.2) is 9.97 Å². The van der Waals surface area contributed by atoms with E-state index in [4.69, 9.17) is 0 Å². The van der Waals surface area contributed by atoms with Gasteiger partial charge in [0.2, 0.25) is 0 Å². The summed E-state index contributed by atoms with van der Waals surface area (Å²) in [6, 6.07) is 3.97. The van der Waals surface area contributed by atoms with Gasteiger partial charge in [-0.2, -0.15) is 13.2 Å². The lowest BCUT2D eigenvalue weighted by Gasteiger charge is -2.31. The lowest BCUT2D eigenvalue weighted by molar-refractivity contribution is -0.141. The molecule has 28 heavy (non-hydrogen) atoms. The molecule has 0 saturated carbocycles. The molecule has 1 aromatic heterocycles. The van der Waals surface area contributed by atoms with Crippen molar-refractivity contribution in [3.63, 3.8) is 0 Å². The molecule has 1 atom stereocenters. The van der Waals surface area contributed by atoms with E-state index in [1.165, 1.54) is 4.90 Å². The molecular formula is C19H21F3N4O2. The average Bonchev–Trinajstić information content (AvgIpc) is 2.64. The van der Waals surface area contributed by atoms with Gasteiger partial charge >= 0.3 is 6.18 Å². The number of anilines is 1. The van der Waals surface area contributed by atoms with E-state index in [0.29, 0.717) is 18.8 Å². The third kappa shape index (κ3) is 3.94. The summed E-state index contributed by atoms with van der Waals surface area (Å²) in [6.45, 7) is 2.36. The summed E-state index contributed by atoms with van der Waals surface area (Å²) in [6.07, 6.45) is -5.46. The summed E-state index contributed by atoms with van der Waals surface area (Å²) >= 11 is 0. The predicted molar refractivity (Wildman–Crippen MR) is 96.6 cm³/mol. The molecule has 6 nitrogen and oxygen atoms in total. The number of alkyl halides is 3. The fourth-order valence-corrected chi connectivity index (χ4v) is 3.26. The number of aromatic nitrogens is 2. The maximum Gasteiger partial charge on any atom is 0.416 e. The normalized spacial score (nSPS) is 15.2. The molecular weight excluding hydrogens is 373 g/mol. The number of rotatable bonds is 3. The quantitative estimate of drug-likeness (QED) is 0.866. The summed E-state index contributed by atoms with van der Waals surface area (Å²) in [5, 5.41) is 10.4. The predicted octanol–water partition coefficient (Wildman–Crippen LogP) is 2.49. The molecule has 0 aliphatic carbocycles. The molecule has 1 aliphatic rings. The molecule has 1 aliphatic heterocycles. The second-order valence-corrected chi connectivity index (χ2v) is 6.95. The third-order valence-corrected chi connectivity index (χ3v) is 4.68. The van der Waals surface area contributed by atoms with Gasteiger partial charge < -0.3 is 14.9 Å². The van der Waals surface area contributed by atoms with E-state index in [9.17, 15) is 23.1 Å². The first-order valence-corrected chi connectivity index (χ1v) is 8.75. The molecule has 1 N–H and O–H groups in total. The van der Waals surface area contributed by atoms with Gasteiger partial charge in [0.25, 0.3) is 5.91 Å². The van der Waals surface area contributed by atoms with Crippen LogP contribution in [-0.4, -0.2) is 46.5 Å². The highest BCUT2D eigenvalue weighted by atomic mass is 19.4. The lowest BCUT2D eigenvalue weighted by atomic mass is 10.0. The zero-order valence-corrected chi connectivity index (χ0v) is 15.8. The Hall–Kier alpha value is -2.68. The molecule has 1 aromatic carbocycles. The van der Waals surface area contributed by atoms with Crippen LogP contribution in [0.15, 0.2) is 24.3 Å². The summed E-state index contributed by atoms with van der Waals surface area (Å²) < 4.78 is 38.0. The maximum atomic E-state index is 12.7. The van der Waals surface area contributed by atoms with Crippen LogP contribution in [-0.2, 0) is 23.9 Å². The third-order valence-electron chi connectivity index (χ3n) is 4.68. The van der Waals surface area contributed by atoms with Crippen LogP contribution >= 0.6 is 0 Å². The van der Waals surface area contributed by atoms with E-state index in [2.05, 4.69) is 9.97 Å². The first kappa shape index (κ1) is 20.1. The fourth-order valence-electron chi connectivity index (χ4n) is 3.26. The van der Waals surface area contributed by atoms with Crippen molar-refractivity contribution in [1.82, 2.24) is 14.9 Å². The van der Waals surface area contributed by atoms with Crippen LogP contribution in [0.5, 0.6) is 0 Å². The van der Waals surface area contributed by atoms with Crippen LogP contribution in [0.25, 0.3) is 0 Å². The molecule has 2 heterocycles. The zero-order chi connectivity index (χ0) is 20.6. The minimum absolute atomic E-state index is 0.122. The fraction of sp³-hybridized carbons (Fsp3) is 0.421. The molecule has 9 heteroatoms. The van der Waals surface area contributed by atoms with Gasteiger partial charge in [-0.3, -0.25) is 4.79 Å². The Labute approximate surface area is 160 Å². The van der Waals surface area contributed by atoms with Gasteiger partial charge in [-0.05, 0) is 31.0 Å². The first-order valence-electron chi connectivity index (χ1n) is 8.75. The molecule has 0 radical (unpaired) electrons. The zero-order valence-electron chi connectivity index (χ0n) is 15.8. The Morgan fingerprint density at radius 2 is 1.86 bits per heavy atom. The van der Waals surface area contributed by atoms with Crippen molar-refractivity contribution >= 4 is 11.7 Å². The monoisotopic (exact) mass is 394 g/mol. The number of carbonyl (C=O) groups excluding carboxylic acids is 1.